The molecule has 5 nitrogen and oxygen atoms in total. The highest BCUT2D eigenvalue weighted by atomic mass is 28.4. The molecule has 0 spiro atoms. The first-order chi connectivity index (χ1) is 7.04. The van der Waals surface area contributed by atoms with E-state index in [9.17, 15) is 4.79 Å². The van der Waals surface area contributed by atoms with Crippen molar-refractivity contribution in [2.75, 3.05) is 19.8 Å². The molecule has 0 heterocycles. The van der Waals surface area contributed by atoms with E-state index in [1.165, 1.54) is 0 Å². The van der Waals surface area contributed by atoms with Crippen LogP contribution in [0.25, 0.3) is 0 Å². The van der Waals surface area contributed by atoms with E-state index in [2.05, 4.69) is 4.74 Å². The fourth-order valence-corrected chi connectivity index (χ4v) is 3.73. The van der Waals surface area contributed by atoms with Crippen molar-refractivity contribution in [2.45, 2.75) is 32.9 Å². The summed E-state index contributed by atoms with van der Waals surface area (Å²) in [7, 11) is -2.09. The van der Waals surface area contributed by atoms with Gasteiger partial charge in [-0.1, -0.05) is 0 Å². The number of rotatable bonds is 8. The molecule has 90 valence electrons. The summed E-state index contributed by atoms with van der Waals surface area (Å²) in [4.78, 5) is 10.1. The van der Waals surface area contributed by atoms with Gasteiger partial charge in [-0.25, -0.2) is 4.79 Å². The van der Waals surface area contributed by atoms with Crippen LogP contribution >= 0.6 is 0 Å². The summed E-state index contributed by atoms with van der Waals surface area (Å²) in [5.74, 6) is 0. The lowest BCUT2D eigenvalue weighted by molar-refractivity contribution is 0.0902. The Hall–Kier alpha value is -0.593. The van der Waals surface area contributed by atoms with E-state index < -0.39 is 14.7 Å². The highest BCUT2D eigenvalue weighted by Crippen LogP contribution is 2.15. The molecule has 0 aromatic carbocycles. The largest absolute Gasteiger partial charge is 0.505 e. The average Bonchev–Trinajstić information content (AvgIpc) is 2.13. The van der Waals surface area contributed by atoms with Gasteiger partial charge in [-0.3, -0.25) is 0 Å². The Morgan fingerprint density at radius 1 is 1.27 bits per heavy atom. The summed E-state index contributed by atoms with van der Waals surface area (Å²) in [5.41, 5.74) is 0. The van der Waals surface area contributed by atoms with Crippen molar-refractivity contribution in [1.29, 1.82) is 0 Å². The molecule has 0 bridgehead atoms. The predicted molar refractivity (Wildman–Crippen MR) is 58.3 cm³/mol. The molecular formula is C9H20O5Si. The van der Waals surface area contributed by atoms with Crippen molar-refractivity contribution in [2.24, 2.45) is 0 Å². The lowest BCUT2D eigenvalue weighted by Gasteiger charge is -2.25. The van der Waals surface area contributed by atoms with Gasteiger partial charge in [0.1, 0.15) is 0 Å². The van der Waals surface area contributed by atoms with E-state index in [0.717, 1.165) is 6.04 Å². The van der Waals surface area contributed by atoms with Crippen LogP contribution in [-0.2, 0) is 13.6 Å². The molecule has 6 heteroatoms. The number of hydrogen-bond acceptors (Lipinski definition) is 4. The molecule has 1 N–H and O–H groups in total. The SMILES string of the molecule is CCO[Si](C)(CCCOC(=O)O)OCC. The highest BCUT2D eigenvalue weighted by Gasteiger charge is 2.29. The first-order valence-corrected chi connectivity index (χ1v) is 7.70. The molecule has 0 rings (SSSR count). The Kier molecular flexibility index (Phi) is 7.36. The minimum atomic E-state index is -2.09. The van der Waals surface area contributed by atoms with Crippen LogP contribution < -0.4 is 0 Å². The number of carboxylic acid groups (broad SMARTS) is 1. The second-order valence-electron chi connectivity index (χ2n) is 3.22. The maximum absolute atomic E-state index is 10.1. The molecule has 0 radical (unpaired) electrons. The van der Waals surface area contributed by atoms with Gasteiger partial charge in [0.2, 0.25) is 0 Å². The first-order valence-electron chi connectivity index (χ1n) is 5.17. The zero-order chi connectivity index (χ0) is 11.7. The average molecular weight is 236 g/mol. The summed E-state index contributed by atoms with van der Waals surface area (Å²) in [6, 6.07) is 0.752. The Morgan fingerprint density at radius 3 is 2.20 bits per heavy atom. The van der Waals surface area contributed by atoms with Crippen LogP contribution in [0.15, 0.2) is 0 Å². The van der Waals surface area contributed by atoms with Crippen LogP contribution in [0.3, 0.4) is 0 Å². The highest BCUT2D eigenvalue weighted by molar-refractivity contribution is 6.66. The fraction of sp³-hybridized carbons (Fsp3) is 0.889. The molecule has 0 unspecified atom stereocenters. The second-order valence-corrected chi connectivity index (χ2v) is 6.56. The van der Waals surface area contributed by atoms with Gasteiger partial charge < -0.3 is 18.7 Å². The number of ether oxygens (including phenoxy) is 1. The molecule has 0 aromatic rings. The molecule has 0 fully saturated rings. The Bertz CT molecular complexity index is 179. The zero-order valence-corrected chi connectivity index (χ0v) is 10.6. The molecule has 15 heavy (non-hydrogen) atoms. The van der Waals surface area contributed by atoms with Crippen LogP contribution in [0, 0.1) is 0 Å². The Morgan fingerprint density at radius 2 is 1.80 bits per heavy atom. The number of hydrogen-bond donors (Lipinski definition) is 1. The minimum Gasteiger partial charge on any atom is -0.450 e. The molecule has 0 aromatic heterocycles. The van der Waals surface area contributed by atoms with Crippen molar-refractivity contribution in [3.8, 4) is 0 Å². The van der Waals surface area contributed by atoms with Crippen LogP contribution in [0.4, 0.5) is 4.79 Å². The maximum Gasteiger partial charge on any atom is 0.505 e. The molecule has 0 saturated heterocycles. The Labute approximate surface area is 91.6 Å². The van der Waals surface area contributed by atoms with Gasteiger partial charge in [0.15, 0.2) is 0 Å². The first kappa shape index (κ1) is 14.4. The summed E-state index contributed by atoms with van der Waals surface area (Å²) in [5, 5.41) is 8.28. The summed E-state index contributed by atoms with van der Waals surface area (Å²) in [6.07, 6.45) is -0.583. The fourth-order valence-electron chi connectivity index (χ4n) is 1.35. The molecule has 0 aliphatic carbocycles. The van der Waals surface area contributed by atoms with E-state index in [0.29, 0.717) is 19.6 Å². The molecule has 0 aliphatic rings. The van der Waals surface area contributed by atoms with Gasteiger partial charge >= 0.3 is 14.7 Å². The topological polar surface area (TPSA) is 65.0 Å². The van der Waals surface area contributed by atoms with E-state index in [-0.39, 0.29) is 6.61 Å². The second kappa shape index (κ2) is 7.67. The quantitative estimate of drug-likeness (QED) is 0.397. The lowest BCUT2D eigenvalue weighted by Crippen LogP contribution is -2.38. The molecule has 0 amide bonds. The molecular weight excluding hydrogens is 216 g/mol. The third-order valence-electron chi connectivity index (χ3n) is 1.90. The summed E-state index contributed by atoms with van der Waals surface area (Å²) in [6.45, 7) is 7.31. The zero-order valence-electron chi connectivity index (χ0n) is 9.62. The maximum atomic E-state index is 10.1. The van der Waals surface area contributed by atoms with Gasteiger partial charge in [0.05, 0.1) is 6.61 Å². The van der Waals surface area contributed by atoms with Gasteiger partial charge in [-0.05, 0) is 32.9 Å². The molecule has 0 aliphatic heterocycles. The van der Waals surface area contributed by atoms with E-state index in [1.807, 2.05) is 20.4 Å². The van der Waals surface area contributed by atoms with Crippen LogP contribution in [0.1, 0.15) is 20.3 Å². The minimum absolute atomic E-state index is 0.206. The number of carbonyl (C=O) groups is 1. The van der Waals surface area contributed by atoms with Gasteiger partial charge in [-0.15, -0.1) is 0 Å². The predicted octanol–water partition coefficient (Wildman–Crippen LogP) is 2.22. The lowest BCUT2D eigenvalue weighted by atomic mass is 10.5. The third kappa shape index (κ3) is 7.35. The van der Waals surface area contributed by atoms with Crippen molar-refractivity contribution >= 4 is 14.7 Å². The van der Waals surface area contributed by atoms with Gasteiger partial charge in [0, 0.05) is 13.2 Å². The van der Waals surface area contributed by atoms with Crippen LogP contribution in [0.2, 0.25) is 12.6 Å². The van der Waals surface area contributed by atoms with E-state index >= 15 is 0 Å². The summed E-state index contributed by atoms with van der Waals surface area (Å²) >= 11 is 0. The monoisotopic (exact) mass is 236 g/mol. The molecule has 0 saturated carbocycles. The normalized spacial score (nSPS) is 11.4. The standard InChI is InChI=1S/C9H20O5Si/c1-4-13-15(3,14-5-2)8-6-7-12-9(10)11/h4-8H2,1-3H3,(H,10,11). The van der Waals surface area contributed by atoms with E-state index in [4.69, 9.17) is 14.0 Å². The Balaban J connectivity index is 3.79. The molecule has 0 atom stereocenters. The van der Waals surface area contributed by atoms with Crippen molar-refractivity contribution in [1.82, 2.24) is 0 Å². The van der Waals surface area contributed by atoms with Crippen molar-refractivity contribution < 1.29 is 23.5 Å². The van der Waals surface area contributed by atoms with Crippen molar-refractivity contribution in [3.05, 3.63) is 0 Å². The van der Waals surface area contributed by atoms with E-state index in [1.54, 1.807) is 0 Å². The smallest absolute Gasteiger partial charge is 0.450 e. The van der Waals surface area contributed by atoms with Crippen LogP contribution in [-0.4, -0.2) is 39.6 Å². The van der Waals surface area contributed by atoms with Gasteiger partial charge in [0.25, 0.3) is 0 Å². The van der Waals surface area contributed by atoms with Crippen molar-refractivity contribution in [3.63, 3.8) is 0 Å². The summed E-state index contributed by atoms with van der Waals surface area (Å²) < 4.78 is 15.6. The van der Waals surface area contributed by atoms with Gasteiger partial charge in [-0.2, -0.15) is 0 Å². The van der Waals surface area contributed by atoms with Crippen LogP contribution in [0.5, 0.6) is 0 Å². The third-order valence-corrected chi connectivity index (χ3v) is 4.96.